The number of carbonyl (C=O) groups is 1. The Kier molecular flexibility index (Phi) is 5.91. The molecule has 3 rings (SSSR count). The summed E-state index contributed by atoms with van der Waals surface area (Å²) in [7, 11) is 1.63. The Bertz CT molecular complexity index is 722. The molecule has 1 aliphatic carbocycles. The van der Waals surface area contributed by atoms with E-state index in [0.717, 1.165) is 30.6 Å². The van der Waals surface area contributed by atoms with Crippen molar-refractivity contribution in [2.24, 2.45) is 5.92 Å². The average molecular weight is 357 g/mol. The number of methoxy groups -OCH3 is 1. The molecular weight excluding hydrogens is 330 g/mol. The minimum Gasteiger partial charge on any atom is -0.497 e. The van der Waals surface area contributed by atoms with Crippen LogP contribution in [0.3, 0.4) is 0 Å². The molecule has 0 bridgehead atoms. The molecule has 1 aromatic carbocycles. The van der Waals surface area contributed by atoms with Gasteiger partial charge in [-0.3, -0.25) is 4.79 Å². The molecule has 0 unspecified atom stereocenters. The maximum absolute atomic E-state index is 12.7. The van der Waals surface area contributed by atoms with Gasteiger partial charge in [0.15, 0.2) is 0 Å². The van der Waals surface area contributed by atoms with Crippen molar-refractivity contribution < 1.29 is 14.1 Å². The van der Waals surface area contributed by atoms with Crippen LogP contribution < -0.4 is 4.74 Å². The van der Waals surface area contributed by atoms with E-state index < -0.39 is 0 Å². The van der Waals surface area contributed by atoms with Gasteiger partial charge in [-0.05, 0) is 50.5 Å². The summed E-state index contributed by atoms with van der Waals surface area (Å²) in [4.78, 5) is 19.1. The van der Waals surface area contributed by atoms with Crippen LogP contribution in [0.2, 0.25) is 0 Å². The number of carbonyl (C=O) groups excluding carboxylic acids is 1. The first-order valence-electron chi connectivity index (χ1n) is 9.39. The van der Waals surface area contributed by atoms with Crippen molar-refractivity contribution in [3.05, 3.63) is 30.2 Å². The average Bonchev–Trinajstić information content (AvgIpc) is 3.09. The van der Waals surface area contributed by atoms with Gasteiger partial charge in [0.1, 0.15) is 5.75 Å². The van der Waals surface area contributed by atoms with Gasteiger partial charge in [0.05, 0.1) is 7.11 Å². The highest BCUT2D eigenvalue weighted by atomic mass is 16.5. The van der Waals surface area contributed by atoms with E-state index in [-0.39, 0.29) is 17.9 Å². The number of nitrogens with zero attached hydrogens (tertiary/aromatic N) is 3. The Hall–Kier alpha value is -2.37. The molecule has 140 valence electrons. The minimum absolute atomic E-state index is 0.210. The largest absolute Gasteiger partial charge is 0.497 e. The van der Waals surface area contributed by atoms with Crippen molar-refractivity contribution in [2.45, 2.75) is 52.0 Å². The first kappa shape index (κ1) is 18.4. The Morgan fingerprint density at radius 1 is 1.35 bits per heavy atom. The van der Waals surface area contributed by atoms with Crippen molar-refractivity contribution in [1.82, 2.24) is 15.0 Å². The molecule has 0 saturated heterocycles. The maximum atomic E-state index is 12.7. The van der Waals surface area contributed by atoms with Gasteiger partial charge in [0.2, 0.25) is 17.6 Å². The molecule has 6 heteroatoms. The van der Waals surface area contributed by atoms with Gasteiger partial charge >= 0.3 is 0 Å². The van der Waals surface area contributed by atoms with Crippen molar-refractivity contribution in [3.63, 3.8) is 0 Å². The monoisotopic (exact) mass is 357 g/mol. The normalized spacial score (nSPS) is 15.3. The first-order chi connectivity index (χ1) is 12.6. The van der Waals surface area contributed by atoms with Gasteiger partial charge in [-0.2, -0.15) is 4.98 Å². The van der Waals surface area contributed by atoms with Crippen LogP contribution in [-0.2, 0) is 11.2 Å². The predicted molar refractivity (Wildman–Crippen MR) is 98.8 cm³/mol. The molecule has 0 radical (unpaired) electrons. The molecule has 0 spiro atoms. The summed E-state index contributed by atoms with van der Waals surface area (Å²) in [5.74, 6) is 2.40. The SMILES string of the molecule is CC[C@H](C)N(CCc1nc(-c2ccc(OC)cc2)no1)C(=O)C1CCC1. The Morgan fingerprint density at radius 3 is 2.65 bits per heavy atom. The topological polar surface area (TPSA) is 68.5 Å². The molecule has 26 heavy (non-hydrogen) atoms. The fraction of sp³-hybridized carbons (Fsp3) is 0.550. The quantitative estimate of drug-likeness (QED) is 0.720. The predicted octanol–water partition coefficient (Wildman–Crippen LogP) is 3.71. The first-order valence-corrected chi connectivity index (χ1v) is 9.39. The maximum Gasteiger partial charge on any atom is 0.228 e. The van der Waals surface area contributed by atoms with Crippen molar-refractivity contribution in [3.8, 4) is 17.1 Å². The number of hydrogen-bond acceptors (Lipinski definition) is 5. The Balaban J connectivity index is 1.64. The van der Waals surface area contributed by atoms with Crippen LogP contribution in [0.1, 0.15) is 45.4 Å². The summed E-state index contributed by atoms with van der Waals surface area (Å²) < 4.78 is 10.6. The van der Waals surface area contributed by atoms with Gasteiger partial charge in [-0.25, -0.2) is 0 Å². The van der Waals surface area contributed by atoms with Gasteiger partial charge in [-0.1, -0.05) is 18.5 Å². The van der Waals surface area contributed by atoms with Crippen molar-refractivity contribution in [2.75, 3.05) is 13.7 Å². The zero-order valence-corrected chi connectivity index (χ0v) is 15.8. The van der Waals surface area contributed by atoms with Crippen LogP contribution in [0.15, 0.2) is 28.8 Å². The second-order valence-electron chi connectivity index (χ2n) is 6.91. The number of benzene rings is 1. The Morgan fingerprint density at radius 2 is 2.08 bits per heavy atom. The van der Waals surface area contributed by atoms with Crippen LogP contribution in [0, 0.1) is 5.92 Å². The number of hydrogen-bond donors (Lipinski definition) is 0. The van der Waals surface area contributed by atoms with E-state index in [1.54, 1.807) is 7.11 Å². The fourth-order valence-electron chi connectivity index (χ4n) is 3.09. The number of amides is 1. The molecule has 1 amide bonds. The molecule has 0 N–H and O–H groups in total. The number of rotatable bonds is 8. The molecular formula is C20H27N3O3. The highest BCUT2D eigenvalue weighted by Crippen LogP contribution is 2.29. The summed E-state index contributed by atoms with van der Waals surface area (Å²) in [5, 5.41) is 4.06. The lowest BCUT2D eigenvalue weighted by Crippen LogP contribution is -2.44. The molecule has 2 aromatic rings. The lowest BCUT2D eigenvalue weighted by Gasteiger charge is -2.35. The summed E-state index contributed by atoms with van der Waals surface area (Å²) in [6.07, 6.45) is 4.73. The van der Waals surface area contributed by atoms with Crippen molar-refractivity contribution >= 4 is 5.91 Å². The summed E-state index contributed by atoms with van der Waals surface area (Å²) in [5.41, 5.74) is 0.880. The third kappa shape index (κ3) is 4.06. The van der Waals surface area contributed by atoms with Crippen LogP contribution >= 0.6 is 0 Å². The second-order valence-corrected chi connectivity index (χ2v) is 6.91. The van der Waals surface area contributed by atoms with Crippen LogP contribution in [0.4, 0.5) is 0 Å². The van der Waals surface area contributed by atoms with E-state index >= 15 is 0 Å². The molecule has 1 aromatic heterocycles. The van der Waals surface area contributed by atoms with Gasteiger partial charge in [0.25, 0.3) is 0 Å². The number of ether oxygens (including phenoxy) is 1. The van der Waals surface area contributed by atoms with E-state index in [4.69, 9.17) is 9.26 Å². The highest BCUT2D eigenvalue weighted by molar-refractivity contribution is 5.79. The molecule has 1 saturated carbocycles. The summed E-state index contributed by atoms with van der Waals surface area (Å²) >= 11 is 0. The second kappa shape index (κ2) is 8.34. The van der Waals surface area contributed by atoms with E-state index in [9.17, 15) is 4.79 Å². The third-order valence-electron chi connectivity index (χ3n) is 5.24. The molecule has 6 nitrogen and oxygen atoms in total. The van der Waals surface area contributed by atoms with Gasteiger partial charge < -0.3 is 14.2 Å². The van der Waals surface area contributed by atoms with E-state index in [0.29, 0.717) is 24.7 Å². The van der Waals surface area contributed by atoms with Crippen LogP contribution in [-0.4, -0.2) is 40.6 Å². The summed E-state index contributed by atoms with van der Waals surface area (Å²) in [6.45, 7) is 4.84. The third-order valence-corrected chi connectivity index (χ3v) is 5.24. The van der Waals surface area contributed by atoms with Crippen LogP contribution in [0.5, 0.6) is 5.75 Å². The molecule has 1 fully saturated rings. The smallest absolute Gasteiger partial charge is 0.228 e. The molecule has 1 atom stereocenters. The standard InChI is InChI=1S/C20H27N3O3/c1-4-14(2)23(20(24)16-6-5-7-16)13-12-18-21-19(22-26-18)15-8-10-17(25-3)11-9-15/h8-11,14,16H,4-7,12-13H2,1-3H3/t14-/m0/s1. The fourth-order valence-corrected chi connectivity index (χ4v) is 3.09. The number of aromatic nitrogens is 2. The van der Waals surface area contributed by atoms with Crippen LogP contribution in [0.25, 0.3) is 11.4 Å². The van der Waals surface area contributed by atoms with E-state index in [1.165, 1.54) is 6.42 Å². The summed E-state index contributed by atoms with van der Waals surface area (Å²) in [6, 6.07) is 7.77. The van der Waals surface area contributed by atoms with Gasteiger partial charge in [0, 0.05) is 30.5 Å². The minimum atomic E-state index is 0.210. The zero-order chi connectivity index (χ0) is 18.5. The lowest BCUT2D eigenvalue weighted by atomic mass is 9.84. The van der Waals surface area contributed by atoms with Gasteiger partial charge in [-0.15, -0.1) is 0 Å². The van der Waals surface area contributed by atoms with Crippen molar-refractivity contribution in [1.29, 1.82) is 0 Å². The molecule has 1 heterocycles. The van der Waals surface area contributed by atoms with E-state index in [2.05, 4.69) is 24.0 Å². The van der Waals surface area contributed by atoms with E-state index in [1.807, 2.05) is 29.2 Å². The zero-order valence-electron chi connectivity index (χ0n) is 15.8. The molecule has 1 aliphatic rings. The molecule has 0 aliphatic heterocycles. The Labute approximate surface area is 154 Å². The highest BCUT2D eigenvalue weighted by Gasteiger charge is 2.31. The lowest BCUT2D eigenvalue weighted by molar-refractivity contribution is -0.140.